The third-order valence-electron chi connectivity index (χ3n) is 4.31. The van der Waals surface area contributed by atoms with Crippen molar-refractivity contribution < 1.29 is 9.53 Å². The standard InChI is InChI=1S/C17H15NO2/c1-18-10-13-11-6-2-4-8-14(11)20-15-9-5-3-7-12(15)16(13)17(18)19/h2-9,13,16H,10H2,1H3/t13-,16-/m0/s1. The van der Waals surface area contributed by atoms with E-state index in [1.54, 1.807) is 0 Å². The lowest BCUT2D eigenvalue weighted by Crippen LogP contribution is -2.21. The molecule has 0 spiro atoms. The molecule has 2 heterocycles. The second kappa shape index (κ2) is 4.10. The number of rotatable bonds is 0. The largest absolute Gasteiger partial charge is 0.457 e. The number of ether oxygens (including phenoxy) is 1. The van der Waals surface area contributed by atoms with Crippen LogP contribution in [0.5, 0.6) is 11.5 Å². The zero-order chi connectivity index (χ0) is 13.7. The van der Waals surface area contributed by atoms with Gasteiger partial charge in [-0.25, -0.2) is 0 Å². The summed E-state index contributed by atoms with van der Waals surface area (Å²) in [5, 5.41) is 0. The Morgan fingerprint density at radius 1 is 1.00 bits per heavy atom. The number of para-hydroxylation sites is 2. The Labute approximate surface area is 117 Å². The monoisotopic (exact) mass is 265 g/mol. The maximum atomic E-state index is 12.5. The van der Waals surface area contributed by atoms with E-state index in [0.29, 0.717) is 0 Å². The van der Waals surface area contributed by atoms with Gasteiger partial charge in [-0.15, -0.1) is 0 Å². The van der Waals surface area contributed by atoms with Crippen LogP contribution in [-0.4, -0.2) is 24.4 Å². The van der Waals surface area contributed by atoms with Crippen LogP contribution in [0.15, 0.2) is 48.5 Å². The van der Waals surface area contributed by atoms with Crippen LogP contribution in [0.2, 0.25) is 0 Å². The minimum absolute atomic E-state index is 0.125. The summed E-state index contributed by atoms with van der Waals surface area (Å²) in [4.78, 5) is 14.4. The predicted octanol–water partition coefficient (Wildman–Crippen LogP) is 3.13. The lowest BCUT2D eigenvalue weighted by Gasteiger charge is -2.14. The lowest BCUT2D eigenvalue weighted by molar-refractivity contribution is -0.127. The second-order valence-electron chi connectivity index (χ2n) is 5.48. The van der Waals surface area contributed by atoms with Gasteiger partial charge in [0.15, 0.2) is 0 Å². The highest BCUT2D eigenvalue weighted by Crippen LogP contribution is 2.49. The van der Waals surface area contributed by atoms with Crippen LogP contribution in [0.3, 0.4) is 0 Å². The third-order valence-corrected chi connectivity index (χ3v) is 4.31. The van der Waals surface area contributed by atoms with Crippen LogP contribution in [0, 0.1) is 0 Å². The normalized spacial score (nSPS) is 23.4. The fourth-order valence-corrected chi connectivity index (χ4v) is 3.36. The maximum absolute atomic E-state index is 12.5. The molecule has 1 fully saturated rings. The van der Waals surface area contributed by atoms with Gasteiger partial charge in [-0.05, 0) is 12.1 Å². The van der Waals surface area contributed by atoms with Gasteiger partial charge in [-0.2, -0.15) is 0 Å². The van der Waals surface area contributed by atoms with Crippen molar-refractivity contribution in [2.75, 3.05) is 13.6 Å². The van der Waals surface area contributed by atoms with Crippen molar-refractivity contribution in [3.63, 3.8) is 0 Å². The summed E-state index contributed by atoms with van der Waals surface area (Å²) < 4.78 is 6.05. The van der Waals surface area contributed by atoms with E-state index in [9.17, 15) is 4.79 Å². The summed E-state index contributed by atoms with van der Waals surface area (Å²) in [5.74, 6) is 1.90. The van der Waals surface area contributed by atoms with Gasteiger partial charge in [0.1, 0.15) is 11.5 Å². The Bertz CT molecular complexity index is 695. The van der Waals surface area contributed by atoms with Gasteiger partial charge >= 0.3 is 0 Å². The average Bonchev–Trinajstić information content (AvgIpc) is 2.68. The smallest absolute Gasteiger partial charge is 0.230 e. The Kier molecular flexibility index (Phi) is 2.36. The molecule has 1 saturated heterocycles. The fraction of sp³-hybridized carbons (Fsp3) is 0.235. The topological polar surface area (TPSA) is 29.5 Å². The fourth-order valence-electron chi connectivity index (χ4n) is 3.36. The van der Waals surface area contributed by atoms with E-state index in [2.05, 4.69) is 6.07 Å². The van der Waals surface area contributed by atoms with Crippen LogP contribution >= 0.6 is 0 Å². The Morgan fingerprint density at radius 3 is 2.35 bits per heavy atom. The number of benzene rings is 2. The molecule has 100 valence electrons. The molecule has 0 bridgehead atoms. The molecule has 0 aromatic heterocycles. The summed E-state index contributed by atoms with van der Waals surface area (Å²) in [7, 11) is 1.88. The molecule has 2 aliphatic heterocycles. The Hall–Kier alpha value is -2.29. The van der Waals surface area contributed by atoms with Crippen molar-refractivity contribution in [2.45, 2.75) is 11.8 Å². The van der Waals surface area contributed by atoms with Gasteiger partial charge in [0, 0.05) is 30.6 Å². The molecule has 20 heavy (non-hydrogen) atoms. The van der Waals surface area contributed by atoms with E-state index < -0.39 is 0 Å². The number of carbonyl (C=O) groups is 1. The van der Waals surface area contributed by atoms with E-state index in [1.165, 1.54) is 0 Å². The first kappa shape index (κ1) is 11.5. The van der Waals surface area contributed by atoms with Crippen molar-refractivity contribution in [3.8, 4) is 11.5 Å². The molecular weight excluding hydrogens is 250 g/mol. The number of nitrogens with zero attached hydrogens (tertiary/aromatic N) is 1. The van der Waals surface area contributed by atoms with Crippen LogP contribution in [-0.2, 0) is 4.79 Å². The maximum Gasteiger partial charge on any atom is 0.230 e. The van der Waals surface area contributed by atoms with Crippen molar-refractivity contribution in [1.29, 1.82) is 0 Å². The van der Waals surface area contributed by atoms with Crippen molar-refractivity contribution >= 4 is 5.91 Å². The highest BCUT2D eigenvalue weighted by molar-refractivity contribution is 5.88. The highest BCUT2D eigenvalue weighted by Gasteiger charge is 2.44. The number of hydrogen-bond acceptors (Lipinski definition) is 2. The van der Waals surface area contributed by atoms with Crippen molar-refractivity contribution in [2.24, 2.45) is 0 Å². The van der Waals surface area contributed by atoms with Crippen molar-refractivity contribution in [3.05, 3.63) is 59.7 Å². The molecule has 2 atom stereocenters. The summed E-state index contributed by atoms with van der Waals surface area (Å²) in [5.41, 5.74) is 2.13. The summed E-state index contributed by atoms with van der Waals surface area (Å²) in [6.07, 6.45) is 0. The molecular formula is C17H15NO2. The molecule has 0 saturated carbocycles. The Balaban J connectivity index is 1.98. The number of amides is 1. The quantitative estimate of drug-likeness (QED) is 0.732. The van der Waals surface area contributed by atoms with Crippen LogP contribution in [0.1, 0.15) is 23.0 Å². The summed E-state index contributed by atoms with van der Waals surface area (Å²) >= 11 is 0. The SMILES string of the molecule is CN1C[C@H]2c3ccccc3Oc3ccccc3[C@@H]2C1=O. The minimum Gasteiger partial charge on any atom is -0.457 e. The molecule has 0 aliphatic carbocycles. The molecule has 0 N–H and O–H groups in total. The van der Waals surface area contributed by atoms with E-state index in [1.807, 2.05) is 54.4 Å². The van der Waals surface area contributed by atoms with Crippen LogP contribution in [0.4, 0.5) is 0 Å². The van der Waals surface area contributed by atoms with E-state index >= 15 is 0 Å². The molecule has 0 radical (unpaired) electrons. The number of carbonyl (C=O) groups excluding carboxylic acids is 1. The van der Waals surface area contributed by atoms with E-state index in [4.69, 9.17) is 4.74 Å². The molecule has 2 aromatic rings. The minimum atomic E-state index is -0.125. The summed E-state index contributed by atoms with van der Waals surface area (Å²) in [6.45, 7) is 0.748. The second-order valence-corrected chi connectivity index (χ2v) is 5.48. The van der Waals surface area contributed by atoms with Gasteiger partial charge in [0.25, 0.3) is 0 Å². The van der Waals surface area contributed by atoms with Gasteiger partial charge in [0.2, 0.25) is 5.91 Å². The lowest BCUT2D eigenvalue weighted by atomic mass is 9.84. The van der Waals surface area contributed by atoms with Crippen LogP contribution < -0.4 is 4.74 Å². The first-order valence-corrected chi connectivity index (χ1v) is 6.86. The first-order valence-electron chi connectivity index (χ1n) is 6.86. The van der Waals surface area contributed by atoms with Gasteiger partial charge in [-0.1, -0.05) is 36.4 Å². The van der Waals surface area contributed by atoms with Gasteiger partial charge in [-0.3, -0.25) is 4.79 Å². The molecule has 3 nitrogen and oxygen atoms in total. The molecule has 2 aromatic carbocycles. The molecule has 1 amide bonds. The summed E-state index contributed by atoms with van der Waals surface area (Å²) in [6, 6.07) is 15.9. The van der Waals surface area contributed by atoms with E-state index in [-0.39, 0.29) is 17.7 Å². The zero-order valence-electron chi connectivity index (χ0n) is 11.2. The van der Waals surface area contributed by atoms with Crippen molar-refractivity contribution in [1.82, 2.24) is 4.90 Å². The number of likely N-dealkylation sites (tertiary alicyclic amines) is 1. The molecule has 4 rings (SSSR count). The number of fused-ring (bicyclic) bond motifs is 5. The molecule has 2 aliphatic rings. The van der Waals surface area contributed by atoms with E-state index in [0.717, 1.165) is 29.2 Å². The predicted molar refractivity (Wildman–Crippen MR) is 76.1 cm³/mol. The van der Waals surface area contributed by atoms with Gasteiger partial charge < -0.3 is 9.64 Å². The first-order chi connectivity index (χ1) is 9.75. The molecule has 3 heteroatoms. The molecule has 0 unspecified atom stereocenters. The average molecular weight is 265 g/mol. The van der Waals surface area contributed by atoms with Gasteiger partial charge in [0.05, 0.1) is 5.92 Å². The zero-order valence-corrected chi connectivity index (χ0v) is 11.2. The highest BCUT2D eigenvalue weighted by atomic mass is 16.5. The van der Waals surface area contributed by atoms with Crippen LogP contribution in [0.25, 0.3) is 0 Å². The third kappa shape index (κ3) is 1.49. The number of hydrogen-bond donors (Lipinski definition) is 0. The Morgan fingerprint density at radius 2 is 1.60 bits per heavy atom. The number of likely N-dealkylation sites (N-methyl/N-ethyl adjacent to an activating group) is 1.